The lowest BCUT2D eigenvalue weighted by Crippen LogP contribution is -2.59. The molecule has 3 rings (SSSR count). The van der Waals surface area contributed by atoms with E-state index in [1.54, 1.807) is 72.0 Å². The molecule has 1 saturated heterocycles. The van der Waals surface area contributed by atoms with E-state index in [0.29, 0.717) is 12.8 Å². The highest BCUT2D eigenvalue weighted by molar-refractivity contribution is 5.90. The Balaban J connectivity index is 1.84. The summed E-state index contributed by atoms with van der Waals surface area (Å²) in [5.74, 6) is -3.14. The maximum atomic E-state index is 14.7. The Labute approximate surface area is 346 Å². The summed E-state index contributed by atoms with van der Waals surface area (Å²) in [6.45, 7) is 18.6. The number of likely N-dealkylation sites (N-methyl/N-ethyl adjacent to an activating group) is 2. The number of carbonyl (C=O) groups excluding carboxylic acids is 5. The van der Waals surface area contributed by atoms with Crippen LogP contribution < -0.4 is 16.0 Å². The van der Waals surface area contributed by atoms with E-state index in [4.69, 9.17) is 14.2 Å². The van der Waals surface area contributed by atoms with Crippen molar-refractivity contribution in [3.8, 4) is 0 Å². The molecule has 328 valence electrons. The number of likely N-dealkylation sites (tertiary alicyclic amines) is 1. The Bertz CT molecular complexity index is 1570. The third-order valence-electron chi connectivity index (χ3n) is 12.0. The Hall–Kier alpha value is -3.62. The second-order valence-electron chi connectivity index (χ2n) is 18.1. The van der Waals surface area contributed by atoms with Crippen molar-refractivity contribution in [1.29, 1.82) is 0 Å². The Kier molecular flexibility index (Phi) is 17.7. The number of nitrogens with zero attached hydrogens (tertiary/aromatic N) is 2. The molecule has 1 aromatic carbocycles. The zero-order chi connectivity index (χ0) is 43.8. The SMILES string of the molecule is CC[C@H](C)C([C@@H](CC(=O)N1[C@H]2C[C@H]2C[C@H]1[C@H](OC)[C@@H](C)C(=O)NC(Cc1ccccc1F)C(=O)OC(C)(C)C)OC)N(C)C(=O)[C@@H](NC(=O)[C@@H](NC)C(C)C)C(C)C. The first-order valence-electron chi connectivity index (χ1n) is 21.0. The van der Waals surface area contributed by atoms with Crippen molar-refractivity contribution >= 4 is 29.6 Å². The molecule has 1 heterocycles. The fourth-order valence-electron chi connectivity index (χ4n) is 8.50. The number of carbonyl (C=O) groups is 5. The van der Waals surface area contributed by atoms with Crippen LogP contribution in [0.3, 0.4) is 0 Å². The molecular formula is C44H72FN5O8. The number of esters is 1. The summed E-state index contributed by atoms with van der Waals surface area (Å²) in [5.41, 5.74) is -0.580. The molecule has 2 aliphatic rings. The van der Waals surface area contributed by atoms with Gasteiger partial charge in [-0.2, -0.15) is 0 Å². The molecule has 0 bridgehead atoms. The van der Waals surface area contributed by atoms with Crippen molar-refractivity contribution in [2.45, 2.75) is 155 Å². The van der Waals surface area contributed by atoms with Crippen molar-refractivity contribution < 1.29 is 42.6 Å². The van der Waals surface area contributed by atoms with Crippen LogP contribution in [0.5, 0.6) is 0 Å². The van der Waals surface area contributed by atoms with Crippen LogP contribution in [-0.4, -0.2) is 122 Å². The lowest BCUT2D eigenvalue weighted by molar-refractivity contribution is -0.159. The van der Waals surface area contributed by atoms with Crippen molar-refractivity contribution in [2.24, 2.45) is 29.6 Å². The minimum atomic E-state index is -1.17. The molecule has 11 atom stereocenters. The number of rotatable bonds is 21. The third kappa shape index (κ3) is 12.2. The van der Waals surface area contributed by atoms with Gasteiger partial charge in [0.15, 0.2) is 0 Å². The molecule has 13 nitrogen and oxygen atoms in total. The summed E-state index contributed by atoms with van der Waals surface area (Å²) < 4.78 is 32.4. The summed E-state index contributed by atoms with van der Waals surface area (Å²) in [7, 11) is 6.48. The van der Waals surface area contributed by atoms with Crippen molar-refractivity contribution in [3.63, 3.8) is 0 Å². The van der Waals surface area contributed by atoms with Crippen molar-refractivity contribution in [3.05, 3.63) is 35.6 Å². The van der Waals surface area contributed by atoms with Gasteiger partial charge in [0.2, 0.25) is 23.6 Å². The summed E-state index contributed by atoms with van der Waals surface area (Å²) in [4.78, 5) is 72.8. The van der Waals surface area contributed by atoms with E-state index in [0.717, 1.165) is 6.42 Å². The standard InChI is InChI=1S/C44H72FN5O8/c1-15-26(6)38(49(12)42(54)37(25(4)5)48-41(53)36(46-11)24(2)3)34(56-13)23-35(51)50-32-21-29(32)22-33(50)39(57-14)27(7)40(52)47-31(43(55)58-44(8,9)10)20-28-18-16-17-19-30(28)45/h16-19,24-27,29,31-34,36-39,46H,15,20-23H2,1-14H3,(H,47,52)(H,48,53)/t26-,27+,29-,31?,32-,33-,34+,36-,37-,38?,39+/m0/s1. The smallest absolute Gasteiger partial charge is 0.329 e. The molecule has 1 saturated carbocycles. The van der Waals surface area contributed by atoms with Crippen LogP contribution in [0.2, 0.25) is 0 Å². The molecular weight excluding hydrogens is 746 g/mol. The van der Waals surface area contributed by atoms with E-state index < -0.39 is 71.6 Å². The summed E-state index contributed by atoms with van der Waals surface area (Å²) in [6, 6.07) is 2.72. The molecule has 1 aromatic rings. The van der Waals surface area contributed by atoms with Gasteiger partial charge in [0.1, 0.15) is 23.5 Å². The number of fused-ring (bicyclic) bond motifs is 1. The predicted molar refractivity (Wildman–Crippen MR) is 221 cm³/mol. The molecule has 2 unspecified atom stereocenters. The quantitative estimate of drug-likeness (QED) is 0.152. The molecule has 58 heavy (non-hydrogen) atoms. The molecule has 3 N–H and O–H groups in total. The number of halogens is 1. The van der Waals surface area contributed by atoms with Gasteiger partial charge >= 0.3 is 5.97 Å². The molecule has 0 aromatic heterocycles. The topological polar surface area (TPSA) is 156 Å². The highest BCUT2D eigenvalue weighted by Crippen LogP contribution is 2.50. The van der Waals surface area contributed by atoms with E-state index in [-0.39, 0.29) is 65.8 Å². The average molecular weight is 818 g/mol. The number of hydrogen-bond acceptors (Lipinski definition) is 9. The monoisotopic (exact) mass is 818 g/mol. The molecule has 0 spiro atoms. The maximum Gasteiger partial charge on any atom is 0.329 e. The van der Waals surface area contributed by atoms with E-state index in [2.05, 4.69) is 16.0 Å². The molecule has 0 radical (unpaired) electrons. The molecule has 14 heteroatoms. The van der Waals surface area contributed by atoms with Crippen LogP contribution in [-0.2, 0) is 44.6 Å². The first kappa shape index (κ1) is 48.7. The van der Waals surface area contributed by atoms with E-state index in [1.807, 2.05) is 46.4 Å². The van der Waals surface area contributed by atoms with Gasteiger partial charge < -0.3 is 40.0 Å². The van der Waals surface area contributed by atoms with Gasteiger partial charge in [0.05, 0.1) is 42.7 Å². The zero-order valence-electron chi connectivity index (χ0n) is 37.4. The van der Waals surface area contributed by atoms with Crippen LogP contribution in [0.1, 0.15) is 100 Å². The first-order chi connectivity index (χ1) is 27.1. The summed E-state index contributed by atoms with van der Waals surface area (Å²) in [5, 5.41) is 8.84. The number of amides is 4. The highest BCUT2D eigenvalue weighted by Gasteiger charge is 2.57. The first-order valence-corrected chi connectivity index (χ1v) is 21.0. The van der Waals surface area contributed by atoms with Crippen molar-refractivity contribution in [2.75, 3.05) is 28.3 Å². The minimum absolute atomic E-state index is 0.0117. The fourth-order valence-corrected chi connectivity index (χ4v) is 8.50. The number of benzene rings is 1. The van der Waals surface area contributed by atoms with Crippen LogP contribution in [0.15, 0.2) is 24.3 Å². The van der Waals surface area contributed by atoms with Gasteiger partial charge in [-0.05, 0) is 76.0 Å². The largest absolute Gasteiger partial charge is 0.458 e. The van der Waals surface area contributed by atoms with E-state index in [1.165, 1.54) is 13.2 Å². The van der Waals surface area contributed by atoms with Crippen LogP contribution >= 0.6 is 0 Å². The van der Waals surface area contributed by atoms with Crippen LogP contribution in [0.4, 0.5) is 4.39 Å². The van der Waals surface area contributed by atoms with Crippen LogP contribution in [0, 0.1) is 35.4 Å². The third-order valence-corrected chi connectivity index (χ3v) is 12.0. The highest BCUT2D eigenvalue weighted by atomic mass is 19.1. The summed E-state index contributed by atoms with van der Waals surface area (Å²) in [6.07, 6.45) is 0.672. The number of piperidine rings is 1. The Morgan fingerprint density at radius 1 is 0.914 bits per heavy atom. The number of nitrogens with one attached hydrogen (secondary N) is 3. The second-order valence-corrected chi connectivity index (χ2v) is 18.1. The van der Waals surface area contributed by atoms with Crippen molar-refractivity contribution in [1.82, 2.24) is 25.8 Å². The Morgan fingerprint density at radius 2 is 1.53 bits per heavy atom. The van der Waals surface area contributed by atoms with E-state index >= 15 is 0 Å². The second kappa shape index (κ2) is 21.1. The average Bonchev–Trinajstić information content (AvgIpc) is 3.81. The van der Waals surface area contributed by atoms with Gasteiger partial charge in [-0.3, -0.25) is 19.2 Å². The molecule has 4 amide bonds. The van der Waals surface area contributed by atoms with Gasteiger partial charge in [-0.25, -0.2) is 9.18 Å². The Morgan fingerprint density at radius 3 is 2.05 bits per heavy atom. The van der Waals surface area contributed by atoms with Gasteiger partial charge in [-0.15, -0.1) is 0 Å². The normalized spacial score (nSPS) is 21.9. The van der Waals surface area contributed by atoms with Gasteiger partial charge in [0, 0.05) is 33.7 Å². The number of ether oxygens (including phenoxy) is 3. The zero-order valence-corrected chi connectivity index (χ0v) is 37.4. The maximum absolute atomic E-state index is 14.7. The molecule has 1 aliphatic heterocycles. The minimum Gasteiger partial charge on any atom is -0.458 e. The molecule has 1 aliphatic carbocycles. The lowest BCUT2D eigenvalue weighted by atomic mass is 9.89. The number of hydrogen-bond donors (Lipinski definition) is 3. The lowest BCUT2D eigenvalue weighted by Gasteiger charge is -2.41. The van der Waals surface area contributed by atoms with E-state index in [9.17, 15) is 28.4 Å². The summed E-state index contributed by atoms with van der Waals surface area (Å²) >= 11 is 0. The molecule has 2 fully saturated rings. The van der Waals surface area contributed by atoms with Gasteiger partial charge in [-0.1, -0.05) is 73.1 Å². The van der Waals surface area contributed by atoms with Crippen LogP contribution in [0.25, 0.3) is 0 Å². The fraction of sp³-hybridized carbons (Fsp3) is 0.750. The predicted octanol–water partition coefficient (Wildman–Crippen LogP) is 4.50. The number of methoxy groups -OCH3 is 2. The van der Waals surface area contributed by atoms with Gasteiger partial charge in [0.25, 0.3) is 0 Å².